The van der Waals surface area contributed by atoms with Crippen LogP contribution in [0.15, 0.2) is 54.6 Å². The molecule has 1 unspecified atom stereocenters. The number of rotatable bonds is 4. The Bertz CT molecular complexity index is 517. The minimum Gasteiger partial charge on any atom is -0.298 e. The highest BCUT2D eigenvalue weighted by Crippen LogP contribution is 2.23. The number of hydrogen-bond acceptors (Lipinski definition) is 1. The summed E-state index contributed by atoms with van der Waals surface area (Å²) in [6, 6.07) is 18.3. The Morgan fingerprint density at radius 2 is 1.56 bits per heavy atom. The van der Waals surface area contributed by atoms with Crippen LogP contribution < -0.4 is 0 Å². The van der Waals surface area contributed by atoms with Crippen molar-refractivity contribution in [1.82, 2.24) is 0 Å². The van der Waals surface area contributed by atoms with E-state index in [2.05, 4.69) is 12.1 Å². The van der Waals surface area contributed by atoms with E-state index in [0.717, 1.165) is 11.1 Å². The predicted molar refractivity (Wildman–Crippen MR) is 76.0 cm³/mol. The molecule has 0 bridgehead atoms. The van der Waals surface area contributed by atoms with Crippen molar-refractivity contribution in [1.29, 1.82) is 0 Å². The first-order chi connectivity index (χ1) is 8.72. The summed E-state index contributed by atoms with van der Waals surface area (Å²) in [7, 11) is 0. The summed E-state index contributed by atoms with van der Waals surface area (Å²) in [6.07, 6.45) is 0. The minimum atomic E-state index is -0.132. The topological polar surface area (TPSA) is 17.1 Å². The number of Topliss-reactive ketones (excluding diaryl/α,β-unsaturated/α-hetero) is 1. The predicted octanol–water partition coefficient (Wildman–Crippen LogP) is 4.27. The van der Waals surface area contributed by atoms with Gasteiger partial charge in [-0.2, -0.15) is 0 Å². The number of carbonyl (C=O) groups is 1. The maximum atomic E-state index is 11.5. The first-order valence-electron chi connectivity index (χ1n) is 5.96. The zero-order valence-electron chi connectivity index (χ0n) is 10.3. The van der Waals surface area contributed by atoms with Crippen LogP contribution in [-0.2, 0) is 4.79 Å². The van der Waals surface area contributed by atoms with Crippen LogP contribution in [-0.4, -0.2) is 11.7 Å². The Balaban J connectivity index is 2.23. The Hall–Kier alpha value is -1.60. The zero-order chi connectivity index (χ0) is 13.0. The van der Waals surface area contributed by atoms with Crippen molar-refractivity contribution in [2.24, 2.45) is 0 Å². The number of hydrogen-bond donors (Lipinski definition) is 0. The molecule has 0 saturated carbocycles. The van der Waals surface area contributed by atoms with E-state index in [4.69, 9.17) is 11.6 Å². The first-order valence-corrected chi connectivity index (χ1v) is 6.50. The molecular formula is C16H15ClO. The quantitative estimate of drug-likeness (QED) is 0.749. The van der Waals surface area contributed by atoms with Crippen molar-refractivity contribution < 1.29 is 4.79 Å². The van der Waals surface area contributed by atoms with Gasteiger partial charge in [0, 0.05) is 5.92 Å². The summed E-state index contributed by atoms with van der Waals surface area (Å²) < 4.78 is 0. The number of carbonyl (C=O) groups excluding carboxylic acids is 1. The average molecular weight is 259 g/mol. The fraction of sp³-hybridized carbons (Fsp3) is 0.188. The van der Waals surface area contributed by atoms with Gasteiger partial charge in [0.25, 0.3) is 0 Å². The van der Waals surface area contributed by atoms with Gasteiger partial charge in [0.2, 0.25) is 0 Å². The van der Waals surface area contributed by atoms with Gasteiger partial charge in [-0.3, -0.25) is 4.79 Å². The molecule has 0 fully saturated rings. The fourth-order valence-electron chi connectivity index (χ4n) is 1.90. The molecule has 0 saturated heterocycles. The van der Waals surface area contributed by atoms with E-state index in [0.29, 0.717) is 0 Å². The standard InChI is InChI=1S/C16H15ClO/c1-12(16(18)11-17)13-7-9-15(10-8-13)14-5-3-2-4-6-14/h2-10,12H,11H2,1H3. The number of benzene rings is 2. The van der Waals surface area contributed by atoms with E-state index >= 15 is 0 Å². The lowest BCUT2D eigenvalue weighted by Crippen LogP contribution is -2.10. The largest absolute Gasteiger partial charge is 0.298 e. The second-order valence-electron chi connectivity index (χ2n) is 4.31. The highest BCUT2D eigenvalue weighted by atomic mass is 35.5. The first kappa shape index (κ1) is 12.8. The maximum absolute atomic E-state index is 11.5. The van der Waals surface area contributed by atoms with E-state index in [1.54, 1.807) is 0 Å². The third-order valence-electron chi connectivity index (χ3n) is 3.13. The molecule has 0 amide bonds. The lowest BCUT2D eigenvalue weighted by molar-refractivity contribution is -0.117. The highest BCUT2D eigenvalue weighted by molar-refractivity contribution is 6.28. The Morgan fingerprint density at radius 3 is 2.11 bits per heavy atom. The van der Waals surface area contributed by atoms with Crippen molar-refractivity contribution in [3.63, 3.8) is 0 Å². The van der Waals surface area contributed by atoms with Crippen LogP contribution in [0.25, 0.3) is 11.1 Å². The SMILES string of the molecule is CC(C(=O)CCl)c1ccc(-c2ccccc2)cc1. The summed E-state index contributed by atoms with van der Waals surface area (Å²) in [6.45, 7) is 1.89. The fourth-order valence-corrected chi connectivity index (χ4v) is 2.13. The summed E-state index contributed by atoms with van der Waals surface area (Å²) in [5, 5.41) is 0. The molecule has 0 aromatic heterocycles. The molecule has 0 spiro atoms. The molecule has 92 valence electrons. The second-order valence-corrected chi connectivity index (χ2v) is 4.58. The van der Waals surface area contributed by atoms with Crippen LogP contribution in [0.5, 0.6) is 0 Å². The molecule has 0 aliphatic carbocycles. The molecule has 2 heteroatoms. The van der Waals surface area contributed by atoms with Gasteiger partial charge in [-0.1, -0.05) is 61.5 Å². The zero-order valence-corrected chi connectivity index (χ0v) is 11.0. The summed E-state index contributed by atoms with van der Waals surface area (Å²) in [5.74, 6) is -0.00170. The average Bonchev–Trinajstić information content (AvgIpc) is 2.47. The van der Waals surface area contributed by atoms with Crippen LogP contribution in [0.3, 0.4) is 0 Å². The van der Waals surface area contributed by atoms with Gasteiger partial charge in [-0.05, 0) is 16.7 Å². The van der Waals surface area contributed by atoms with Crippen molar-refractivity contribution in [2.75, 3.05) is 5.88 Å². The molecule has 2 rings (SSSR count). The number of halogens is 1. The third-order valence-corrected chi connectivity index (χ3v) is 3.40. The van der Waals surface area contributed by atoms with Crippen molar-refractivity contribution >= 4 is 17.4 Å². The molecule has 2 aromatic rings. The Kier molecular flexibility index (Phi) is 4.16. The maximum Gasteiger partial charge on any atom is 0.154 e. The normalized spacial score (nSPS) is 12.1. The summed E-state index contributed by atoms with van der Waals surface area (Å²) in [4.78, 5) is 11.5. The van der Waals surface area contributed by atoms with E-state index in [-0.39, 0.29) is 17.6 Å². The van der Waals surface area contributed by atoms with Crippen molar-refractivity contribution in [2.45, 2.75) is 12.8 Å². The van der Waals surface area contributed by atoms with Crippen LogP contribution in [0.1, 0.15) is 18.4 Å². The van der Waals surface area contributed by atoms with Crippen LogP contribution in [0, 0.1) is 0 Å². The van der Waals surface area contributed by atoms with E-state index < -0.39 is 0 Å². The van der Waals surface area contributed by atoms with Gasteiger partial charge in [0.15, 0.2) is 5.78 Å². The van der Waals surface area contributed by atoms with Gasteiger partial charge in [0.05, 0.1) is 5.88 Å². The molecular weight excluding hydrogens is 244 g/mol. The molecule has 0 heterocycles. The molecule has 1 atom stereocenters. The molecule has 0 radical (unpaired) electrons. The van der Waals surface area contributed by atoms with Gasteiger partial charge >= 0.3 is 0 Å². The van der Waals surface area contributed by atoms with E-state index in [1.165, 1.54) is 5.56 Å². The van der Waals surface area contributed by atoms with Crippen LogP contribution >= 0.6 is 11.6 Å². The van der Waals surface area contributed by atoms with Crippen LogP contribution in [0.4, 0.5) is 0 Å². The van der Waals surface area contributed by atoms with Crippen LogP contribution in [0.2, 0.25) is 0 Å². The Labute approximate surface area is 112 Å². The third kappa shape index (κ3) is 2.80. The van der Waals surface area contributed by atoms with Crippen molar-refractivity contribution in [3.8, 4) is 11.1 Å². The van der Waals surface area contributed by atoms with Gasteiger partial charge in [-0.25, -0.2) is 0 Å². The smallest absolute Gasteiger partial charge is 0.154 e. The lowest BCUT2D eigenvalue weighted by Gasteiger charge is -2.10. The molecule has 0 aliphatic rings. The summed E-state index contributed by atoms with van der Waals surface area (Å²) >= 11 is 5.57. The Morgan fingerprint density at radius 1 is 1.00 bits per heavy atom. The molecule has 2 aromatic carbocycles. The van der Waals surface area contributed by atoms with E-state index in [9.17, 15) is 4.79 Å². The van der Waals surface area contributed by atoms with Gasteiger partial charge in [0.1, 0.15) is 0 Å². The number of ketones is 1. The lowest BCUT2D eigenvalue weighted by atomic mass is 9.95. The molecule has 0 N–H and O–H groups in total. The molecule has 1 nitrogen and oxygen atoms in total. The molecule has 18 heavy (non-hydrogen) atoms. The summed E-state index contributed by atoms with van der Waals surface area (Å²) in [5.41, 5.74) is 3.35. The van der Waals surface area contributed by atoms with Gasteiger partial charge in [-0.15, -0.1) is 11.6 Å². The second kappa shape index (κ2) is 5.83. The van der Waals surface area contributed by atoms with E-state index in [1.807, 2.05) is 49.4 Å². The highest BCUT2D eigenvalue weighted by Gasteiger charge is 2.13. The van der Waals surface area contributed by atoms with Crippen molar-refractivity contribution in [3.05, 3.63) is 60.2 Å². The van der Waals surface area contributed by atoms with Gasteiger partial charge < -0.3 is 0 Å². The minimum absolute atomic E-state index is 0.0594. The number of alkyl halides is 1. The molecule has 0 aliphatic heterocycles. The monoisotopic (exact) mass is 258 g/mol.